The van der Waals surface area contributed by atoms with Gasteiger partial charge in [-0.25, -0.2) is 4.98 Å². The lowest BCUT2D eigenvalue weighted by molar-refractivity contribution is -0.121. The van der Waals surface area contributed by atoms with Gasteiger partial charge in [0.15, 0.2) is 5.13 Å². The molecule has 1 fully saturated rings. The van der Waals surface area contributed by atoms with Crippen LogP contribution in [0.25, 0.3) is 10.2 Å². The number of hydrogen-bond donors (Lipinski definition) is 1. The lowest BCUT2D eigenvalue weighted by Gasteiger charge is -2.31. The number of aromatic nitrogens is 1. The van der Waals surface area contributed by atoms with E-state index >= 15 is 0 Å². The standard InChI is InChI=1S/C20H21N3O4S/c1-2-27-15-5-6-16-17(10-15)28-20(21-16)22-18(24)13-4-3-8-23(11-13)19(25)14-7-9-26-12-14/h5-7,9-10,12-13H,2-4,8,11H2,1H3,(H,21,22,24)/t13-/m0/s1. The fourth-order valence-electron chi connectivity index (χ4n) is 3.37. The molecular weight excluding hydrogens is 378 g/mol. The lowest BCUT2D eigenvalue weighted by atomic mass is 9.97. The molecule has 28 heavy (non-hydrogen) atoms. The van der Waals surface area contributed by atoms with Gasteiger partial charge in [0, 0.05) is 13.1 Å². The number of nitrogens with one attached hydrogen (secondary N) is 1. The molecular formula is C20H21N3O4S. The normalized spacial score (nSPS) is 16.9. The Morgan fingerprint density at radius 2 is 2.29 bits per heavy atom. The molecule has 146 valence electrons. The van der Waals surface area contributed by atoms with Gasteiger partial charge in [-0.1, -0.05) is 11.3 Å². The minimum absolute atomic E-state index is 0.102. The quantitative estimate of drug-likeness (QED) is 0.706. The van der Waals surface area contributed by atoms with Crippen molar-refractivity contribution in [3.8, 4) is 5.75 Å². The molecule has 3 aromatic rings. The molecule has 1 aliphatic heterocycles. The number of hydrogen-bond acceptors (Lipinski definition) is 6. The molecule has 1 atom stereocenters. The van der Waals surface area contributed by atoms with Gasteiger partial charge >= 0.3 is 0 Å². The molecule has 1 aliphatic rings. The smallest absolute Gasteiger partial charge is 0.257 e. The Bertz CT molecular complexity index is 983. The number of furan rings is 1. The van der Waals surface area contributed by atoms with E-state index in [-0.39, 0.29) is 17.7 Å². The Kier molecular flexibility index (Phi) is 5.29. The number of likely N-dealkylation sites (tertiary alicyclic amines) is 1. The summed E-state index contributed by atoms with van der Waals surface area (Å²) in [6, 6.07) is 7.33. The molecule has 8 heteroatoms. The van der Waals surface area contributed by atoms with Crippen molar-refractivity contribution in [1.82, 2.24) is 9.88 Å². The topological polar surface area (TPSA) is 84.7 Å². The summed E-state index contributed by atoms with van der Waals surface area (Å²) >= 11 is 1.42. The highest BCUT2D eigenvalue weighted by molar-refractivity contribution is 7.22. The fourth-order valence-corrected chi connectivity index (χ4v) is 4.26. The molecule has 0 unspecified atom stereocenters. The number of anilines is 1. The van der Waals surface area contributed by atoms with Crippen molar-refractivity contribution in [3.05, 3.63) is 42.4 Å². The Morgan fingerprint density at radius 3 is 3.07 bits per heavy atom. The van der Waals surface area contributed by atoms with Crippen molar-refractivity contribution >= 4 is 38.5 Å². The number of piperidine rings is 1. The van der Waals surface area contributed by atoms with E-state index in [0.29, 0.717) is 30.4 Å². The van der Waals surface area contributed by atoms with E-state index in [4.69, 9.17) is 9.15 Å². The van der Waals surface area contributed by atoms with Crippen molar-refractivity contribution < 1.29 is 18.7 Å². The van der Waals surface area contributed by atoms with Crippen LogP contribution < -0.4 is 10.1 Å². The Balaban J connectivity index is 1.43. The first-order valence-corrected chi connectivity index (χ1v) is 10.1. The van der Waals surface area contributed by atoms with Crippen molar-refractivity contribution in [2.45, 2.75) is 19.8 Å². The molecule has 1 N–H and O–H groups in total. The van der Waals surface area contributed by atoms with Crippen LogP contribution in [0.4, 0.5) is 5.13 Å². The third-order valence-corrected chi connectivity index (χ3v) is 5.68. The summed E-state index contributed by atoms with van der Waals surface area (Å²) in [7, 11) is 0. The van der Waals surface area contributed by atoms with E-state index < -0.39 is 0 Å². The molecule has 2 aromatic heterocycles. The average molecular weight is 399 g/mol. The van der Waals surface area contributed by atoms with Gasteiger partial charge in [-0.2, -0.15) is 0 Å². The van der Waals surface area contributed by atoms with Crippen molar-refractivity contribution in [1.29, 1.82) is 0 Å². The summed E-state index contributed by atoms with van der Waals surface area (Å²) in [5.74, 6) is 0.330. The van der Waals surface area contributed by atoms with Crippen LogP contribution in [-0.2, 0) is 4.79 Å². The van der Waals surface area contributed by atoms with E-state index in [1.807, 2.05) is 25.1 Å². The van der Waals surface area contributed by atoms with Crippen molar-refractivity contribution in [3.63, 3.8) is 0 Å². The van der Waals surface area contributed by atoms with Crippen molar-refractivity contribution in [2.75, 3.05) is 25.0 Å². The third-order valence-electron chi connectivity index (χ3n) is 4.75. The highest BCUT2D eigenvalue weighted by Crippen LogP contribution is 2.30. The molecule has 1 aromatic carbocycles. The second kappa shape index (κ2) is 8.02. The highest BCUT2D eigenvalue weighted by atomic mass is 32.1. The summed E-state index contributed by atoms with van der Waals surface area (Å²) in [6.07, 6.45) is 4.45. The first kappa shape index (κ1) is 18.5. The Labute approximate surface area is 166 Å². The Hall–Kier alpha value is -2.87. The number of rotatable bonds is 5. The van der Waals surface area contributed by atoms with Gasteiger partial charge in [0.25, 0.3) is 5.91 Å². The number of benzene rings is 1. The van der Waals surface area contributed by atoms with Crippen LogP contribution in [0.3, 0.4) is 0 Å². The molecule has 4 rings (SSSR count). The van der Waals surface area contributed by atoms with Gasteiger partial charge < -0.3 is 19.4 Å². The Morgan fingerprint density at radius 1 is 1.39 bits per heavy atom. The van der Waals surface area contributed by atoms with Crippen LogP contribution in [0.1, 0.15) is 30.1 Å². The number of amides is 2. The van der Waals surface area contributed by atoms with Crippen molar-refractivity contribution in [2.24, 2.45) is 5.92 Å². The van der Waals surface area contributed by atoms with Crippen LogP contribution >= 0.6 is 11.3 Å². The zero-order valence-corrected chi connectivity index (χ0v) is 16.3. The van der Waals surface area contributed by atoms with Gasteiger partial charge in [-0.15, -0.1) is 0 Å². The van der Waals surface area contributed by atoms with Gasteiger partial charge in [0.1, 0.15) is 12.0 Å². The summed E-state index contributed by atoms with van der Waals surface area (Å²) in [6.45, 7) is 3.58. The molecule has 2 amide bonds. The van der Waals surface area contributed by atoms with E-state index in [2.05, 4.69) is 10.3 Å². The second-order valence-corrected chi connectivity index (χ2v) is 7.70. The van der Waals surface area contributed by atoms with Crippen LogP contribution in [-0.4, -0.2) is 41.4 Å². The van der Waals surface area contributed by atoms with Crippen LogP contribution in [0, 0.1) is 5.92 Å². The maximum atomic E-state index is 12.7. The molecule has 0 saturated carbocycles. The summed E-state index contributed by atoms with van der Waals surface area (Å²) < 4.78 is 11.5. The van der Waals surface area contributed by atoms with E-state index in [9.17, 15) is 9.59 Å². The first-order valence-electron chi connectivity index (χ1n) is 9.29. The van der Waals surface area contributed by atoms with Crippen LogP contribution in [0.15, 0.2) is 41.2 Å². The number of ether oxygens (including phenoxy) is 1. The number of carbonyl (C=O) groups is 2. The maximum absolute atomic E-state index is 12.7. The molecule has 0 spiro atoms. The maximum Gasteiger partial charge on any atom is 0.257 e. The summed E-state index contributed by atoms with van der Waals surface area (Å²) in [5, 5.41) is 3.48. The zero-order valence-electron chi connectivity index (χ0n) is 15.5. The van der Waals surface area contributed by atoms with Gasteiger partial charge in [-0.05, 0) is 44.0 Å². The fraction of sp³-hybridized carbons (Fsp3) is 0.350. The van der Waals surface area contributed by atoms with E-state index in [1.165, 1.54) is 23.9 Å². The zero-order chi connectivity index (χ0) is 19.5. The monoisotopic (exact) mass is 399 g/mol. The lowest BCUT2D eigenvalue weighted by Crippen LogP contribution is -2.43. The minimum atomic E-state index is -0.254. The predicted molar refractivity (Wildman–Crippen MR) is 107 cm³/mol. The van der Waals surface area contributed by atoms with Crippen LogP contribution in [0.5, 0.6) is 5.75 Å². The van der Waals surface area contributed by atoms with Gasteiger partial charge in [0.2, 0.25) is 5.91 Å². The molecule has 3 heterocycles. The largest absolute Gasteiger partial charge is 0.494 e. The summed E-state index contributed by atoms with van der Waals surface area (Å²) in [5.41, 5.74) is 1.33. The average Bonchev–Trinajstić information content (AvgIpc) is 3.37. The number of fused-ring (bicyclic) bond motifs is 1. The van der Waals surface area contributed by atoms with Gasteiger partial charge in [-0.3, -0.25) is 9.59 Å². The van der Waals surface area contributed by atoms with E-state index in [1.54, 1.807) is 11.0 Å². The molecule has 7 nitrogen and oxygen atoms in total. The summed E-state index contributed by atoms with van der Waals surface area (Å²) in [4.78, 5) is 31.4. The number of nitrogens with zero attached hydrogens (tertiary/aromatic N) is 2. The molecule has 0 aliphatic carbocycles. The minimum Gasteiger partial charge on any atom is -0.494 e. The molecule has 0 bridgehead atoms. The third kappa shape index (κ3) is 3.87. The highest BCUT2D eigenvalue weighted by Gasteiger charge is 2.29. The number of thiazole rings is 1. The predicted octanol–water partition coefficient (Wildman–Crippen LogP) is 3.78. The SMILES string of the molecule is CCOc1ccc2nc(NC(=O)[C@H]3CCCN(C(=O)c4ccoc4)C3)sc2c1. The first-order chi connectivity index (χ1) is 13.6. The number of carbonyl (C=O) groups excluding carboxylic acids is 2. The molecule has 0 radical (unpaired) electrons. The molecule has 1 saturated heterocycles. The van der Waals surface area contributed by atoms with E-state index in [0.717, 1.165) is 28.8 Å². The van der Waals surface area contributed by atoms with Crippen LogP contribution in [0.2, 0.25) is 0 Å². The van der Waals surface area contributed by atoms with Gasteiger partial charge in [0.05, 0.1) is 34.6 Å². The second-order valence-electron chi connectivity index (χ2n) is 6.67.